The van der Waals surface area contributed by atoms with E-state index in [2.05, 4.69) is 10.1 Å². The first-order valence-electron chi connectivity index (χ1n) is 4.69. The highest BCUT2D eigenvalue weighted by atomic mass is 35.5. The summed E-state index contributed by atoms with van der Waals surface area (Å²) in [5, 5.41) is 4.48. The first-order chi connectivity index (χ1) is 7.66. The van der Waals surface area contributed by atoms with Gasteiger partial charge >= 0.3 is 0 Å². The first kappa shape index (κ1) is 10.8. The van der Waals surface area contributed by atoms with E-state index >= 15 is 0 Å². The average molecular weight is 239 g/mol. The van der Waals surface area contributed by atoms with Gasteiger partial charge in [0.15, 0.2) is 5.82 Å². The maximum Gasteiger partial charge on any atom is 0.239 e. The molecule has 2 aromatic rings. The standard InChI is InChI=1S/C10H11ClN4O/c1-15-9(13-10(12)14-15)6-16-8-5-3-2-4-7(8)11/h2-5H,6H2,1H3,(H2,12,14). The second kappa shape index (κ2) is 4.40. The highest BCUT2D eigenvalue weighted by molar-refractivity contribution is 6.32. The minimum absolute atomic E-state index is 0.236. The molecule has 0 spiro atoms. The van der Waals surface area contributed by atoms with Crippen LogP contribution < -0.4 is 10.5 Å². The second-order valence-corrected chi connectivity index (χ2v) is 3.64. The molecule has 0 unspecified atom stereocenters. The van der Waals surface area contributed by atoms with Crippen molar-refractivity contribution >= 4 is 17.5 Å². The molecule has 0 bridgehead atoms. The molecule has 1 aromatic heterocycles. The van der Waals surface area contributed by atoms with Crippen molar-refractivity contribution in [2.24, 2.45) is 7.05 Å². The van der Waals surface area contributed by atoms with Gasteiger partial charge in [0.05, 0.1) is 5.02 Å². The molecule has 5 nitrogen and oxygen atoms in total. The zero-order valence-corrected chi connectivity index (χ0v) is 9.48. The zero-order chi connectivity index (χ0) is 11.5. The van der Waals surface area contributed by atoms with Crippen molar-refractivity contribution in [1.82, 2.24) is 14.8 Å². The molecule has 0 radical (unpaired) electrons. The normalized spacial score (nSPS) is 10.4. The quantitative estimate of drug-likeness (QED) is 0.883. The van der Waals surface area contributed by atoms with Crippen molar-refractivity contribution in [2.75, 3.05) is 5.73 Å². The molecule has 0 aliphatic carbocycles. The van der Waals surface area contributed by atoms with Gasteiger partial charge in [-0.05, 0) is 12.1 Å². The molecule has 1 aromatic carbocycles. The largest absolute Gasteiger partial charge is 0.484 e. The molecular formula is C10H11ClN4O. The fraction of sp³-hybridized carbons (Fsp3) is 0.200. The lowest BCUT2D eigenvalue weighted by atomic mass is 10.3. The minimum atomic E-state index is 0.236. The van der Waals surface area contributed by atoms with Crippen LogP contribution in [0.2, 0.25) is 5.02 Å². The van der Waals surface area contributed by atoms with Crippen LogP contribution in [0.3, 0.4) is 0 Å². The van der Waals surface area contributed by atoms with Crippen molar-refractivity contribution < 1.29 is 4.74 Å². The van der Waals surface area contributed by atoms with Crippen LogP contribution in [0.25, 0.3) is 0 Å². The number of hydrogen-bond donors (Lipinski definition) is 1. The van der Waals surface area contributed by atoms with Gasteiger partial charge in [-0.25, -0.2) is 4.68 Å². The number of benzene rings is 1. The van der Waals surface area contributed by atoms with Gasteiger partial charge in [0, 0.05) is 7.05 Å². The summed E-state index contributed by atoms with van der Waals surface area (Å²) in [6.45, 7) is 0.282. The molecule has 0 aliphatic heterocycles. The van der Waals surface area contributed by atoms with Crippen LogP contribution in [0.1, 0.15) is 5.82 Å². The Morgan fingerprint density at radius 3 is 2.81 bits per heavy atom. The smallest absolute Gasteiger partial charge is 0.239 e. The number of para-hydroxylation sites is 1. The summed E-state index contributed by atoms with van der Waals surface area (Å²) in [6.07, 6.45) is 0. The van der Waals surface area contributed by atoms with E-state index in [1.165, 1.54) is 0 Å². The fourth-order valence-electron chi connectivity index (χ4n) is 1.27. The highest BCUT2D eigenvalue weighted by Gasteiger charge is 2.06. The minimum Gasteiger partial charge on any atom is -0.484 e. The van der Waals surface area contributed by atoms with Gasteiger partial charge in [-0.2, -0.15) is 4.98 Å². The van der Waals surface area contributed by atoms with Gasteiger partial charge in [0.25, 0.3) is 0 Å². The van der Waals surface area contributed by atoms with Crippen molar-refractivity contribution in [3.8, 4) is 5.75 Å². The number of rotatable bonds is 3. The Balaban J connectivity index is 2.08. The molecule has 6 heteroatoms. The lowest BCUT2D eigenvalue weighted by Crippen LogP contribution is -2.04. The summed E-state index contributed by atoms with van der Waals surface area (Å²) in [7, 11) is 1.76. The van der Waals surface area contributed by atoms with Crippen molar-refractivity contribution in [3.05, 3.63) is 35.1 Å². The lowest BCUT2D eigenvalue weighted by Gasteiger charge is -2.06. The third-order valence-corrected chi connectivity index (χ3v) is 2.38. The Hall–Kier alpha value is -1.75. The van der Waals surface area contributed by atoms with Gasteiger partial charge in [0.1, 0.15) is 12.4 Å². The van der Waals surface area contributed by atoms with Crippen LogP contribution in [0, 0.1) is 0 Å². The molecule has 0 saturated heterocycles. The molecular weight excluding hydrogens is 228 g/mol. The highest BCUT2D eigenvalue weighted by Crippen LogP contribution is 2.23. The average Bonchev–Trinajstić information content (AvgIpc) is 2.56. The Kier molecular flexibility index (Phi) is 2.96. The summed E-state index contributed by atoms with van der Waals surface area (Å²) in [6, 6.07) is 7.26. The summed E-state index contributed by atoms with van der Waals surface area (Å²) in [5.74, 6) is 1.50. The third kappa shape index (κ3) is 2.25. The Labute approximate surface area is 97.8 Å². The Bertz CT molecular complexity index is 497. The number of ether oxygens (including phenoxy) is 1. The maximum absolute atomic E-state index is 5.94. The van der Waals surface area contributed by atoms with Gasteiger partial charge in [-0.3, -0.25) is 0 Å². The van der Waals surface area contributed by atoms with Crippen LogP contribution in [-0.4, -0.2) is 14.8 Å². The zero-order valence-electron chi connectivity index (χ0n) is 8.72. The van der Waals surface area contributed by atoms with E-state index in [0.717, 1.165) is 0 Å². The number of anilines is 1. The number of halogens is 1. The molecule has 84 valence electrons. The molecule has 0 saturated carbocycles. The summed E-state index contributed by atoms with van der Waals surface area (Å²) >= 11 is 5.94. The fourth-order valence-corrected chi connectivity index (χ4v) is 1.46. The van der Waals surface area contributed by atoms with E-state index in [4.69, 9.17) is 22.1 Å². The van der Waals surface area contributed by atoms with E-state index in [1.54, 1.807) is 23.9 Å². The van der Waals surface area contributed by atoms with E-state index in [0.29, 0.717) is 16.6 Å². The van der Waals surface area contributed by atoms with Gasteiger partial charge in [0.2, 0.25) is 5.95 Å². The molecule has 2 N–H and O–H groups in total. The molecule has 1 heterocycles. The van der Waals surface area contributed by atoms with Gasteiger partial charge in [-0.15, -0.1) is 5.10 Å². The molecule has 0 fully saturated rings. The molecule has 0 amide bonds. The second-order valence-electron chi connectivity index (χ2n) is 3.23. The Morgan fingerprint density at radius 2 is 2.19 bits per heavy atom. The van der Waals surface area contributed by atoms with Crippen LogP contribution >= 0.6 is 11.6 Å². The number of nitrogen functional groups attached to an aromatic ring is 1. The van der Waals surface area contributed by atoms with E-state index in [9.17, 15) is 0 Å². The van der Waals surface area contributed by atoms with E-state index in [1.807, 2.05) is 12.1 Å². The van der Waals surface area contributed by atoms with Gasteiger partial charge in [-0.1, -0.05) is 23.7 Å². The predicted molar refractivity (Wildman–Crippen MR) is 61.2 cm³/mol. The number of aryl methyl sites for hydroxylation is 1. The van der Waals surface area contributed by atoms with Crippen molar-refractivity contribution in [1.29, 1.82) is 0 Å². The topological polar surface area (TPSA) is 66.0 Å². The summed E-state index contributed by atoms with van der Waals surface area (Å²) in [5.41, 5.74) is 5.45. The third-order valence-electron chi connectivity index (χ3n) is 2.06. The number of aromatic nitrogens is 3. The summed E-state index contributed by atoms with van der Waals surface area (Å²) in [4.78, 5) is 4.02. The number of hydrogen-bond acceptors (Lipinski definition) is 4. The predicted octanol–water partition coefficient (Wildman–Crippen LogP) is 1.63. The lowest BCUT2D eigenvalue weighted by molar-refractivity contribution is 0.290. The summed E-state index contributed by atoms with van der Waals surface area (Å²) < 4.78 is 7.08. The first-order valence-corrected chi connectivity index (χ1v) is 5.07. The van der Waals surface area contributed by atoms with E-state index in [-0.39, 0.29) is 12.6 Å². The maximum atomic E-state index is 5.94. The van der Waals surface area contributed by atoms with Crippen molar-refractivity contribution in [3.63, 3.8) is 0 Å². The Morgan fingerprint density at radius 1 is 1.44 bits per heavy atom. The molecule has 2 rings (SSSR count). The molecule has 16 heavy (non-hydrogen) atoms. The van der Waals surface area contributed by atoms with Crippen LogP contribution in [-0.2, 0) is 13.7 Å². The van der Waals surface area contributed by atoms with Crippen molar-refractivity contribution in [2.45, 2.75) is 6.61 Å². The monoisotopic (exact) mass is 238 g/mol. The van der Waals surface area contributed by atoms with Gasteiger partial charge < -0.3 is 10.5 Å². The van der Waals surface area contributed by atoms with Crippen LogP contribution in [0.5, 0.6) is 5.75 Å². The van der Waals surface area contributed by atoms with Crippen LogP contribution in [0.4, 0.5) is 5.95 Å². The molecule has 0 atom stereocenters. The van der Waals surface area contributed by atoms with E-state index < -0.39 is 0 Å². The number of nitrogens with zero attached hydrogens (tertiary/aromatic N) is 3. The number of nitrogens with two attached hydrogens (primary N) is 1. The molecule has 0 aliphatic rings. The SMILES string of the molecule is Cn1nc(N)nc1COc1ccccc1Cl. The van der Waals surface area contributed by atoms with Crippen LogP contribution in [0.15, 0.2) is 24.3 Å².